The van der Waals surface area contributed by atoms with Gasteiger partial charge in [-0.15, -0.1) is 5.10 Å². The van der Waals surface area contributed by atoms with E-state index in [1.807, 2.05) is 17.9 Å². The molecule has 1 aromatic heterocycles. The molecule has 2 atom stereocenters. The number of aromatic nitrogens is 3. The molecule has 1 aromatic rings. The zero-order valence-electron chi connectivity index (χ0n) is 7.27. The summed E-state index contributed by atoms with van der Waals surface area (Å²) in [6, 6.07) is 1.23. The van der Waals surface area contributed by atoms with Crippen molar-refractivity contribution < 1.29 is 0 Å². The second kappa shape index (κ2) is 3.23. The Labute approximate surface area is 72.0 Å². The summed E-state index contributed by atoms with van der Waals surface area (Å²) in [5, 5.41) is 11.1. The summed E-state index contributed by atoms with van der Waals surface area (Å²) < 4.78 is 1.97. The van der Waals surface area contributed by atoms with Crippen molar-refractivity contribution in [2.75, 3.05) is 7.05 Å². The normalized spacial score (nSPS) is 29.4. The van der Waals surface area contributed by atoms with Crippen molar-refractivity contribution in [3.05, 3.63) is 12.4 Å². The topological polar surface area (TPSA) is 42.7 Å². The Morgan fingerprint density at radius 3 is 3.00 bits per heavy atom. The Bertz CT molecular complexity index is 231. The van der Waals surface area contributed by atoms with Crippen molar-refractivity contribution >= 4 is 0 Å². The highest BCUT2D eigenvalue weighted by Crippen LogP contribution is 2.28. The molecular weight excluding hydrogens is 152 g/mol. The van der Waals surface area contributed by atoms with Crippen LogP contribution in [-0.4, -0.2) is 28.1 Å². The monoisotopic (exact) mass is 166 g/mol. The fraction of sp³-hybridized carbons (Fsp3) is 0.750. The molecule has 2 rings (SSSR count). The summed E-state index contributed by atoms with van der Waals surface area (Å²) in [4.78, 5) is 0. The smallest absolute Gasteiger partial charge is 0.0693 e. The molecule has 0 spiro atoms. The van der Waals surface area contributed by atoms with E-state index >= 15 is 0 Å². The lowest BCUT2D eigenvalue weighted by molar-refractivity contribution is 0.439. The highest BCUT2D eigenvalue weighted by Gasteiger charge is 2.24. The molecule has 1 N–H and O–H groups in total. The molecule has 1 heterocycles. The molecule has 0 radical (unpaired) electrons. The third kappa shape index (κ3) is 1.34. The zero-order chi connectivity index (χ0) is 8.39. The Kier molecular flexibility index (Phi) is 2.08. The van der Waals surface area contributed by atoms with Gasteiger partial charge in [0.05, 0.1) is 12.2 Å². The van der Waals surface area contributed by atoms with Gasteiger partial charge in [0, 0.05) is 12.2 Å². The third-order valence-corrected chi connectivity index (χ3v) is 2.63. The third-order valence-electron chi connectivity index (χ3n) is 2.63. The van der Waals surface area contributed by atoms with Crippen molar-refractivity contribution in [1.29, 1.82) is 0 Å². The number of nitrogens with one attached hydrogen (secondary N) is 1. The molecule has 1 fully saturated rings. The highest BCUT2D eigenvalue weighted by atomic mass is 15.4. The molecule has 0 aliphatic heterocycles. The first kappa shape index (κ1) is 7.73. The molecule has 12 heavy (non-hydrogen) atoms. The average molecular weight is 166 g/mol. The fourth-order valence-corrected chi connectivity index (χ4v) is 1.87. The Morgan fingerprint density at radius 2 is 2.42 bits per heavy atom. The van der Waals surface area contributed by atoms with Crippen LogP contribution in [0.15, 0.2) is 12.4 Å². The molecule has 4 heteroatoms. The van der Waals surface area contributed by atoms with Crippen LogP contribution in [0.2, 0.25) is 0 Å². The standard InChI is InChI=1S/C8H14N4/c1-9-7-2-3-8(6-7)12-5-4-10-11-12/h4-5,7-9H,2-3,6H2,1H3. The van der Waals surface area contributed by atoms with E-state index in [1.54, 1.807) is 6.20 Å². The summed E-state index contributed by atoms with van der Waals surface area (Å²) in [5.74, 6) is 0. The van der Waals surface area contributed by atoms with Crippen LogP contribution in [0.4, 0.5) is 0 Å². The van der Waals surface area contributed by atoms with Gasteiger partial charge in [0.15, 0.2) is 0 Å². The number of hydrogen-bond acceptors (Lipinski definition) is 3. The second-order valence-electron chi connectivity index (χ2n) is 3.34. The van der Waals surface area contributed by atoms with E-state index in [4.69, 9.17) is 0 Å². The Morgan fingerprint density at radius 1 is 1.50 bits per heavy atom. The summed E-state index contributed by atoms with van der Waals surface area (Å²) in [5.41, 5.74) is 0. The molecule has 1 aliphatic rings. The van der Waals surface area contributed by atoms with E-state index in [9.17, 15) is 0 Å². The second-order valence-corrected chi connectivity index (χ2v) is 3.34. The lowest BCUT2D eigenvalue weighted by Gasteiger charge is -2.09. The minimum Gasteiger partial charge on any atom is -0.317 e. The van der Waals surface area contributed by atoms with Gasteiger partial charge < -0.3 is 5.32 Å². The van der Waals surface area contributed by atoms with Gasteiger partial charge in [-0.05, 0) is 26.3 Å². The van der Waals surface area contributed by atoms with Gasteiger partial charge in [0.1, 0.15) is 0 Å². The van der Waals surface area contributed by atoms with Crippen molar-refractivity contribution in [2.24, 2.45) is 0 Å². The summed E-state index contributed by atoms with van der Waals surface area (Å²) in [6.45, 7) is 0. The summed E-state index contributed by atoms with van der Waals surface area (Å²) in [6.07, 6.45) is 7.34. The van der Waals surface area contributed by atoms with E-state index in [0.29, 0.717) is 12.1 Å². The number of rotatable bonds is 2. The fourth-order valence-electron chi connectivity index (χ4n) is 1.87. The van der Waals surface area contributed by atoms with Crippen LogP contribution in [0, 0.1) is 0 Å². The van der Waals surface area contributed by atoms with Gasteiger partial charge >= 0.3 is 0 Å². The Balaban J connectivity index is 2.00. The van der Waals surface area contributed by atoms with Crippen LogP contribution in [0.5, 0.6) is 0 Å². The predicted octanol–water partition coefficient (Wildman–Crippen LogP) is 0.591. The predicted molar refractivity (Wildman–Crippen MR) is 45.8 cm³/mol. The zero-order valence-corrected chi connectivity index (χ0v) is 7.27. The molecule has 0 aromatic carbocycles. The molecule has 4 nitrogen and oxygen atoms in total. The maximum absolute atomic E-state index is 4.01. The van der Waals surface area contributed by atoms with Crippen molar-refractivity contribution in [1.82, 2.24) is 20.3 Å². The average Bonchev–Trinajstić information content (AvgIpc) is 2.75. The number of hydrogen-bond donors (Lipinski definition) is 1. The minimum atomic E-state index is 0.560. The van der Waals surface area contributed by atoms with Crippen molar-refractivity contribution in [3.63, 3.8) is 0 Å². The lowest BCUT2D eigenvalue weighted by Crippen LogP contribution is -2.21. The lowest BCUT2D eigenvalue weighted by atomic mass is 10.2. The van der Waals surface area contributed by atoms with Crippen LogP contribution in [0.1, 0.15) is 25.3 Å². The molecule has 1 saturated carbocycles. The van der Waals surface area contributed by atoms with Crippen molar-refractivity contribution in [3.8, 4) is 0 Å². The van der Waals surface area contributed by atoms with E-state index in [1.165, 1.54) is 19.3 Å². The SMILES string of the molecule is CNC1CCC(n2ccnn2)C1. The molecule has 2 unspecified atom stereocenters. The van der Waals surface area contributed by atoms with Crippen LogP contribution in [0.3, 0.4) is 0 Å². The van der Waals surface area contributed by atoms with Crippen LogP contribution >= 0.6 is 0 Å². The van der Waals surface area contributed by atoms with Crippen LogP contribution in [-0.2, 0) is 0 Å². The van der Waals surface area contributed by atoms with Gasteiger partial charge in [-0.1, -0.05) is 5.21 Å². The summed E-state index contributed by atoms with van der Waals surface area (Å²) >= 11 is 0. The van der Waals surface area contributed by atoms with Crippen LogP contribution < -0.4 is 5.32 Å². The maximum Gasteiger partial charge on any atom is 0.0693 e. The molecular formula is C8H14N4. The van der Waals surface area contributed by atoms with Crippen LogP contribution in [0.25, 0.3) is 0 Å². The van der Waals surface area contributed by atoms with Gasteiger partial charge in [0.2, 0.25) is 0 Å². The van der Waals surface area contributed by atoms with Crippen molar-refractivity contribution in [2.45, 2.75) is 31.3 Å². The first-order chi connectivity index (χ1) is 5.90. The first-order valence-electron chi connectivity index (χ1n) is 4.43. The van der Waals surface area contributed by atoms with Gasteiger partial charge in [-0.25, -0.2) is 4.68 Å². The molecule has 0 saturated heterocycles. The van der Waals surface area contributed by atoms with Gasteiger partial charge in [-0.3, -0.25) is 0 Å². The van der Waals surface area contributed by atoms with Gasteiger partial charge in [0.25, 0.3) is 0 Å². The van der Waals surface area contributed by atoms with E-state index in [-0.39, 0.29) is 0 Å². The van der Waals surface area contributed by atoms with E-state index < -0.39 is 0 Å². The quantitative estimate of drug-likeness (QED) is 0.699. The number of nitrogens with zero attached hydrogens (tertiary/aromatic N) is 3. The van der Waals surface area contributed by atoms with E-state index in [0.717, 1.165) is 0 Å². The Hall–Kier alpha value is -0.900. The van der Waals surface area contributed by atoms with Gasteiger partial charge in [-0.2, -0.15) is 0 Å². The summed E-state index contributed by atoms with van der Waals surface area (Å²) in [7, 11) is 2.02. The molecule has 0 amide bonds. The largest absolute Gasteiger partial charge is 0.317 e. The molecule has 66 valence electrons. The first-order valence-corrected chi connectivity index (χ1v) is 4.43. The van der Waals surface area contributed by atoms with E-state index in [2.05, 4.69) is 15.6 Å². The maximum atomic E-state index is 4.01. The minimum absolute atomic E-state index is 0.560. The molecule has 1 aliphatic carbocycles. The molecule has 0 bridgehead atoms. The highest BCUT2D eigenvalue weighted by molar-refractivity contribution is 4.84.